The lowest BCUT2D eigenvalue weighted by atomic mass is 10.1. The Morgan fingerprint density at radius 1 is 1.50 bits per heavy atom. The van der Waals surface area contributed by atoms with Gasteiger partial charge < -0.3 is 5.32 Å². The summed E-state index contributed by atoms with van der Waals surface area (Å²) in [4.78, 5) is 13.3. The summed E-state index contributed by atoms with van der Waals surface area (Å²) in [6, 6.07) is 5.34. The van der Waals surface area contributed by atoms with Crippen molar-refractivity contribution in [3.05, 3.63) is 34.7 Å². The maximum absolute atomic E-state index is 12.3. The summed E-state index contributed by atoms with van der Waals surface area (Å²) >= 11 is 1.54. The van der Waals surface area contributed by atoms with Gasteiger partial charge in [-0.05, 0) is 24.8 Å². The second-order valence-electron chi connectivity index (χ2n) is 5.44. The number of amides is 1. The van der Waals surface area contributed by atoms with Crippen LogP contribution in [0.1, 0.15) is 30.2 Å². The van der Waals surface area contributed by atoms with Crippen molar-refractivity contribution in [2.24, 2.45) is 0 Å². The lowest BCUT2D eigenvalue weighted by Crippen LogP contribution is -2.22. The minimum Gasteiger partial charge on any atom is -0.310 e. The molecule has 0 saturated carbocycles. The van der Waals surface area contributed by atoms with Crippen LogP contribution in [0.15, 0.2) is 29.8 Å². The molecule has 6 nitrogen and oxygen atoms in total. The zero-order valence-electron chi connectivity index (χ0n) is 12.1. The summed E-state index contributed by atoms with van der Waals surface area (Å²) in [7, 11) is -2.99. The lowest BCUT2D eigenvalue weighted by Gasteiger charge is -2.15. The topological polar surface area (TPSA) is 81.1 Å². The smallest absolute Gasteiger partial charge is 0.233 e. The molecule has 0 unspecified atom stereocenters. The molecule has 1 amide bonds. The fourth-order valence-corrected chi connectivity index (χ4v) is 5.05. The van der Waals surface area contributed by atoms with Gasteiger partial charge in [0, 0.05) is 10.9 Å². The van der Waals surface area contributed by atoms with Crippen LogP contribution in [0, 0.1) is 0 Å². The second kappa shape index (κ2) is 5.85. The molecule has 8 heteroatoms. The van der Waals surface area contributed by atoms with Crippen LogP contribution >= 0.6 is 11.3 Å². The van der Waals surface area contributed by atoms with Crippen molar-refractivity contribution in [3.8, 4) is 0 Å². The molecule has 2 aromatic rings. The number of carbonyl (C=O) groups is 1. The summed E-state index contributed by atoms with van der Waals surface area (Å²) < 4.78 is 24.8. The molecule has 3 heterocycles. The number of nitrogens with one attached hydrogen (secondary N) is 1. The van der Waals surface area contributed by atoms with E-state index < -0.39 is 9.84 Å². The number of hydrogen-bond donors (Lipinski definition) is 1. The molecular formula is C14H17N3O3S2. The first-order valence-corrected chi connectivity index (χ1v) is 9.74. The first-order chi connectivity index (χ1) is 10.5. The predicted molar refractivity (Wildman–Crippen MR) is 85.9 cm³/mol. The first kappa shape index (κ1) is 15.2. The Morgan fingerprint density at radius 3 is 2.95 bits per heavy atom. The fourth-order valence-electron chi connectivity index (χ4n) is 2.57. The normalized spacial score (nSPS) is 21.6. The van der Waals surface area contributed by atoms with E-state index in [1.165, 1.54) is 11.3 Å². The highest BCUT2D eigenvalue weighted by Crippen LogP contribution is 2.27. The number of nitrogens with zero attached hydrogens (tertiary/aromatic N) is 2. The molecule has 2 atom stereocenters. The van der Waals surface area contributed by atoms with E-state index in [2.05, 4.69) is 10.4 Å². The first-order valence-electron chi connectivity index (χ1n) is 7.04. The zero-order valence-corrected chi connectivity index (χ0v) is 13.7. The molecule has 0 radical (unpaired) electrons. The number of hydrogen-bond acceptors (Lipinski definition) is 5. The summed E-state index contributed by atoms with van der Waals surface area (Å²) in [5, 5.41) is 8.97. The summed E-state index contributed by atoms with van der Waals surface area (Å²) in [6.45, 7) is 1.85. The van der Waals surface area contributed by atoms with Gasteiger partial charge in [-0.25, -0.2) is 13.1 Å². The van der Waals surface area contributed by atoms with E-state index in [0.29, 0.717) is 12.2 Å². The van der Waals surface area contributed by atoms with Gasteiger partial charge in [0.2, 0.25) is 5.91 Å². The molecule has 3 rings (SSSR count). The SMILES string of the molecule is C[C@@H](C(=O)Nc1ccnn1[C@H]1CCS(=O)(=O)C1)c1cccs1. The number of aromatic nitrogens is 2. The molecule has 0 aliphatic carbocycles. The number of thiophene rings is 1. The molecule has 1 saturated heterocycles. The Kier molecular flexibility index (Phi) is 4.05. The van der Waals surface area contributed by atoms with Crippen molar-refractivity contribution in [2.45, 2.75) is 25.3 Å². The number of rotatable bonds is 4. The third-order valence-electron chi connectivity index (χ3n) is 3.84. The van der Waals surface area contributed by atoms with Crippen LogP contribution < -0.4 is 5.32 Å². The van der Waals surface area contributed by atoms with E-state index in [9.17, 15) is 13.2 Å². The Bertz CT molecular complexity index is 765. The highest BCUT2D eigenvalue weighted by Gasteiger charge is 2.31. The molecule has 0 spiro atoms. The van der Waals surface area contributed by atoms with E-state index in [4.69, 9.17) is 0 Å². The van der Waals surface area contributed by atoms with E-state index in [0.717, 1.165) is 4.88 Å². The summed E-state index contributed by atoms with van der Waals surface area (Å²) in [5.41, 5.74) is 0. The average Bonchev–Trinajstić information content (AvgIpc) is 3.18. The fraction of sp³-hybridized carbons (Fsp3) is 0.429. The van der Waals surface area contributed by atoms with Crippen LogP contribution in [-0.4, -0.2) is 35.6 Å². The monoisotopic (exact) mass is 339 g/mol. The maximum Gasteiger partial charge on any atom is 0.233 e. The van der Waals surface area contributed by atoms with Crippen molar-refractivity contribution in [1.82, 2.24) is 9.78 Å². The number of anilines is 1. The number of sulfone groups is 1. The average molecular weight is 339 g/mol. The number of carbonyl (C=O) groups excluding carboxylic acids is 1. The van der Waals surface area contributed by atoms with Gasteiger partial charge in [0.05, 0.1) is 29.7 Å². The zero-order chi connectivity index (χ0) is 15.7. The van der Waals surface area contributed by atoms with E-state index in [1.54, 1.807) is 16.9 Å². The molecule has 0 aromatic carbocycles. The van der Waals surface area contributed by atoms with Crippen LogP contribution in [0.2, 0.25) is 0 Å². The van der Waals surface area contributed by atoms with Gasteiger partial charge in [-0.1, -0.05) is 6.07 Å². The van der Waals surface area contributed by atoms with E-state index in [1.807, 2.05) is 24.4 Å². The van der Waals surface area contributed by atoms with E-state index >= 15 is 0 Å². The highest BCUT2D eigenvalue weighted by atomic mass is 32.2. The van der Waals surface area contributed by atoms with Gasteiger partial charge >= 0.3 is 0 Å². The van der Waals surface area contributed by atoms with Crippen molar-refractivity contribution >= 4 is 32.9 Å². The quantitative estimate of drug-likeness (QED) is 0.924. The van der Waals surface area contributed by atoms with Crippen LogP contribution in [0.3, 0.4) is 0 Å². The molecule has 1 fully saturated rings. The van der Waals surface area contributed by atoms with Crippen molar-refractivity contribution < 1.29 is 13.2 Å². The molecule has 1 aliphatic rings. The Labute approximate surface area is 133 Å². The molecular weight excluding hydrogens is 322 g/mol. The molecule has 2 aromatic heterocycles. The minimum absolute atomic E-state index is 0.0814. The summed E-state index contributed by atoms with van der Waals surface area (Å²) in [5.74, 6) is 0.436. The molecule has 0 bridgehead atoms. The molecule has 1 N–H and O–H groups in total. The Morgan fingerprint density at radius 2 is 2.32 bits per heavy atom. The summed E-state index contributed by atoms with van der Waals surface area (Å²) in [6.07, 6.45) is 2.11. The van der Waals surface area contributed by atoms with Gasteiger partial charge in [0.1, 0.15) is 5.82 Å². The van der Waals surface area contributed by atoms with Gasteiger partial charge in [0.25, 0.3) is 0 Å². The third kappa shape index (κ3) is 3.07. The molecule has 1 aliphatic heterocycles. The largest absolute Gasteiger partial charge is 0.310 e. The van der Waals surface area contributed by atoms with Crippen LogP contribution in [0.4, 0.5) is 5.82 Å². The van der Waals surface area contributed by atoms with Crippen LogP contribution in [0.25, 0.3) is 0 Å². The molecule has 22 heavy (non-hydrogen) atoms. The van der Waals surface area contributed by atoms with Crippen LogP contribution in [0.5, 0.6) is 0 Å². The standard InChI is InChI=1S/C14H17N3O3S2/c1-10(12-3-2-7-21-12)14(18)16-13-4-6-15-17(13)11-5-8-22(19,20)9-11/h2-4,6-7,10-11H,5,8-9H2,1H3,(H,16,18)/t10-,11+/m1/s1. The maximum atomic E-state index is 12.3. The Balaban J connectivity index is 1.74. The lowest BCUT2D eigenvalue weighted by molar-refractivity contribution is -0.117. The van der Waals surface area contributed by atoms with E-state index in [-0.39, 0.29) is 29.4 Å². The van der Waals surface area contributed by atoms with Crippen molar-refractivity contribution in [1.29, 1.82) is 0 Å². The Hall–Kier alpha value is -1.67. The van der Waals surface area contributed by atoms with Crippen molar-refractivity contribution in [2.75, 3.05) is 16.8 Å². The predicted octanol–water partition coefficient (Wildman–Crippen LogP) is 2.05. The van der Waals surface area contributed by atoms with Crippen LogP contribution in [-0.2, 0) is 14.6 Å². The van der Waals surface area contributed by atoms with Gasteiger partial charge in [0.15, 0.2) is 9.84 Å². The second-order valence-corrected chi connectivity index (χ2v) is 8.65. The van der Waals surface area contributed by atoms with Gasteiger partial charge in [-0.15, -0.1) is 11.3 Å². The van der Waals surface area contributed by atoms with Crippen molar-refractivity contribution in [3.63, 3.8) is 0 Å². The van der Waals surface area contributed by atoms with Gasteiger partial charge in [-0.2, -0.15) is 5.10 Å². The molecule has 118 valence electrons. The minimum atomic E-state index is -2.99. The van der Waals surface area contributed by atoms with Gasteiger partial charge in [-0.3, -0.25) is 4.79 Å². The highest BCUT2D eigenvalue weighted by molar-refractivity contribution is 7.91. The third-order valence-corrected chi connectivity index (χ3v) is 6.64.